The first kappa shape index (κ1) is 12.9. The summed E-state index contributed by atoms with van der Waals surface area (Å²) in [6.45, 7) is 7.33. The molecule has 2 nitrogen and oxygen atoms in total. The molecule has 2 bridgehead atoms. The number of piperidine rings is 2. The third-order valence-corrected chi connectivity index (χ3v) is 5.53. The van der Waals surface area contributed by atoms with Crippen molar-refractivity contribution in [3.8, 4) is 0 Å². The van der Waals surface area contributed by atoms with Gasteiger partial charge in [-0.15, -0.1) is 0 Å². The van der Waals surface area contributed by atoms with Crippen LogP contribution in [0.2, 0.25) is 0 Å². The van der Waals surface area contributed by atoms with Gasteiger partial charge in [0.05, 0.1) is 0 Å². The molecule has 0 aromatic heterocycles. The zero-order valence-corrected chi connectivity index (χ0v) is 12.2. The highest BCUT2D eigenvalue weighted by Crippen LogP contribution is 2.42. The van der Waals surface area contributed by atoms with Crippen LogP contribution in [0, 0.1) is 11.8 Å². The van der Waals surface area contributed by atoms with Crippen LogP contribution in [-0.4, -0.2) is 36.1 Å². The van der Waals surface area contributed by atoms with E-state index in [1.165, 1.54) is 58.0 Å². The molecule has 4 unspecified atom stereocenters. The lowest BCUT2D eigenvalue weighted by Gasteiger charge is -2.49. The van der Waals surface area contributed by atoms with Crippen LogP contribution in [0.1, 0.15) is 58.8 Å². The minimum Gasteiger partial charge on any atom is -0.314 e. The zero-order valence-electron chi connectivity index (χ0n) is 12.2. The summed E-state index contributed by atoms with van der Waals surface area (Å²) < 4.78 is 0. The second-order valence-corrected chi connectivity index (χ2v) is 7.03. The number of nitrogens with zero attached hydrogens (tertiary/aromatic N) is 1. The van der Waals surface area contributed by atoms with Crippen molar-refractivity contribution in [1.82, 2.24) is 10.2 Å². The van der Waals surface area contributed by atoms with Gasteiger partial charge in [-0.05, 0) is 56.9 Å². The smallest absolute Gasteiger partial charge is 0.0113 e. The van der Waals surface area contributed by atoms with Gasteiger partial charge >= 0.3 is 0 Å². The predicted octanol–water partition coefficient (Wildman–Crippen LogP) is 3.03. The Morgan fingerprint density at radius 1 is 1.11 bits per heavy atom. The minimum absolute atomic E-state index is 0.813. The molecule has 2 heterocycles. The fourth-order valence-electron chi connectivity index (χ4n) is 4.22. The topological polar surface area (TPSA) is 15.3 Å². The van der Waals surface area contributed by atoms with E-state index in [0.29, 0.717) is 0 Å². The highest BCUT2D eigenvalue weighted by atomic mass is 15.2. The van der Waals surface area contributed by atoms with Gasteiger partial charge in [0, 0.05) is 24.7 Å². The van der Waals surface area contributed by atoms with Crippen molar-refractivity contribution in [2.24, 2.45) is 11.8 Å². The summed E-state index contributed by atoms with van der Waals surface area (Å²) in [4.78, 5) is 2.90. The van der Waals surface area contributed by atoms with Gasteiger partial charge in [0.2, 0.25) is 0 Å². The molecule has 2 heteroatoms. The summed E-state index contributed by atoms with van der Waals surface area (Å²) in [7, 11) is 0. The number of rotatable bonds is 5. The van der Waals surface area contributed by atoms with Crippen molar-refractivity contribution in [2.45, 2.75) is 76.9 Å². The molecule has 18 heavy (non-hydrogen) atoms. The third-order valence-electron chi connectivity index (χ3n) is 5.53. The summed E-state index contributed by atoms with van der Waals surface area (Å²) in [5.41, 5.74) is 0. The Bertz CT molecular complexity index is 264. The zero-order chi connectivity index (χ0) is 12.5. The molecule has 4 atom stereocenters. The first-order valence-corrected chi connectivity index (χ1v) is 8.27. The quantitative estimate of drug-likeness (QED) is 0.807. The lowest BCUT2D eigenvalue weighted by atomic mass is 9.81. The molecular formula is C16H30N2. The van der Waals surface area contributed by atoms with Crippen molar-refractivity contribution in [1.29, 1.82) is 0 Å². The summed E-state index contributed by atoms with van der Waals surface area (Å²) in [6, 6.07) is 2.62. The van der Waals surface area contributed by atoms with Gasteiger partial charge in [0.15, 0.2) is 0 Å². The molecule has 2 aliphatic heterocycles. The Hall–Kier alpha value is -0.0800. The highest BCUT2D eigenvalue weighted by molar-refractivity contribution is 4.97. The van der Waals surface area contributed by atoms with Gasteiger partial charge in [0.25, 0.3) is 0 Å². The second-order valence-electron chi connectivity index (χ2n) is 7.03. The van der Waals surface area contributed by atoms with Crippen LogP contribution < -0.4 is 5.32 Å². The van der Waals surface area contributed by atoms with E-state index in [0.717, 1.165) is 30.0 Å². The van der Waals surface area contributed by atoms with Crippen molar-refractivity contribution in [3.63, 3.8) is 0 Å². The minimum atomic E-state index is 0.813. The van der Waals surface area contributed by atoms with Crippen LogP contribution in [0.5, 0.6) is 0 Å². The normalized spacial score (nSPS) is 44.0. The molecule has 0 amide bonds. The maximum Gasteiger partial charge on any atom is 0.0113 e. The molecule has 0 aromatic carbocycles. The largest absolute Gasteiger partial charge is 0.314 e. The lowest BCUT2D eigenvalue weighted by Crippen LogP contribution is -2.56. The molecule has 3 fully saturated rings. The Balaban J connectivity index is 1.56. The Morgan fingerprint density at radius 3 is 2.33 bits per heavy atom. The lowest BCUT2D eigenvalue weighted by molar-refractivity contribution is 0.0200. The first-order valence-electron chi connectivity index (χ1n) is 8.27. The first-order chi connectivity index (χ1) is 8.78. The average Bonchev–Trinajstić information content (AvgIpc) is 3.02. The summed E-state index contributed by atoms with van der Waals surface area (Å²) >= 11 is 0. The van der Waals surface area contributed by atoms with Crippen LogP contribution in [0.4, 0.5) is 0 Å². The SMILES string of the molecule is CCCNC1CC2CCCC(C1)N2CC1CC1C. The molecule has 1 aliphatic carbocycles. The molecule has 0 spiro atoms. The van der Waals surface area contributed by atoms with Crippen molar-refractivity contribution < 1.29 is 0 Å². The van der Waals surface area contributed by atoms with E-state index >= 15 is 0 Å². The van der Waals surface area contributed by atoms with Gasteiger partial charge in [-0.1, -0.05) is 20.3 Å². The number of hydrogen-bond donors (Lipinski definition) is 1. The van der Waals surface area contributed by atoms with Gasteiger partial charge in [-0.25, -0.2) is 0 Å². The van der Waals surface area contributed by atoms with Crippen LogP contribution >= 0.6 is 0 Å². The Kier molecular flexibility index (Phi) is 3.95. The fraction of sp³-hybridized carbons (Fsp3) is 1.00. The molecule has 2 saturated heterocycles. The standard InChI is InChI=1S/C16H30N2/c1-3-7-17-14-9-15-5-4-6-16(10-14)18(15)11-13-8-12(13)2/h12-17H,3-11H2,1-2H3. The molecule has 104 valence electrons. The summed E-state index contributed by atoms with van der Waals surface area (Å²) in [5.74, 6) is 2.05. The van der Waals surface area contributed by atoms with E-state index in [9.17, 15) is 0 Å². The van der Waals surface area contributed by atoms with Crippen molar-refractivity contribution in [2.75, 3.05) is 13.1 Å². The molecule has 0 aromatic rings. The van der Waals surface area contributed by atoms with E-state index in [1.54, 1.807) is 0 Å². The van der Waals surface area contributed by atoms with Crippen molar-refractivity contribution in [3.05, 3.63) is 0 Å². The van der Waals surface area contributed by atoms with Crippen LogP contribution in [-0.2, 0) is 0 Å². The van der Waals surface area contributed by atoms with Crippen LogP contribution in [0.15, 0.2) is 0 Å². The van der Waals surface area contributed by atoms with E-state index in [4.69, 9.17) is 0 Å². The molecule has 1 saturated carbocycles. The van der Waals surface area contributed by atoms with Gasteiger partial charge < -0.3 is 5.32 Å². The number of nitrogens with one attached hydrogen (secondary N) is 1. The average molecular weight is 250 g/mol. The monoisotopic (exact) mass is 250 g/mol. The third kappa shape index (κ3) is 2.75. The summed E-state index contributed by atoms with van der Waals surface area (Å²) in [6.07, 6.45) is 9.99. The number of hydrogen-bond acceptors (Lipinski definition) is 2. The maximum atomic E-state index is 3.77. The molecule has 3 rings (SSSR count). The van der Waals surface area contributed by atoms with E-state index in [-0.39, 0.29) is 0 Å². The van der Waals surface area contributed by atoms with E-state index in [2.05, 4.69) is 24.1 Å². The van der Waals surface area contributed by atoms with Gasteiger partial charge in [-0.2, -0.15) is 0 Å². The molecule has 0 radical (unpaired) electrons. The van der Waals surface area contributed by atoms with Crippen LogP contribution in [0.3, 0.4) is 0 Å². The van der Waals surface area contributed by atoms with Gasteiger partial charge in [0.1, 0.15) is 0 Å². The molecule has 1 N–H and O–H groups in total. The Labute approximate surface area is 113 Å². The second kappa shape index (κ2) is 5.50. The predicted molar refractivity (Wildman–Crippen MR) is 76.7 cm³/mol. The van der Waals surface area contributed by atoms with E-state index < -0.39 is 0 Å². The molecular weight excluding hydrogens is 220 g/mol. The highest BCUT2D eigenvalue weighted by Gasteiger charge is 2.42. The number of fused-ring (bicyclic) bond motifs is 2. The van der Waals surface area contributed by atoms with Crippen LogP contribution in [0.25, 0.3) is 0 Å². The van der Waals surface area contributed by atoms with E-state index in [1.807, 2.05) is 0 Å². The van der Waals surface area contributed by atoms with Crippen molar-refractivity contribution >= 4 is 0 Å². The Morgan fingerprint density at radius 2 is 1.78 bits per heavy atom. The maximum absolute atomic E-state index is 3.77. The summed E-state index contributed by atoms with van der Waals surface area (Å²) in [5, 5.41) is 3.77. The van der Waals surface area contributed by atoms with Gasteiger partial charge in [-0.3, -0.25) is 4.90 Å². The fourth-order valence-corrected chi connectivity index (χ4v) is 4.22. The molecule has 3 aliphatic rings.